The summed E-state index contributed by atoms with van der Waals surface area (Å²) in [4.78, 5) is 8.00. The van der Waals surface area contributed by atoms with Gasteiger partial charge in [-0.25, -0.2) is 4.98 Å². The lowest BCUT2D eigenvalue weighted by atomic mass is 10.1. The molecule has 82 valence electrons. The van der Waals surface area contributed by atoms with Gasteiger partial charge in [0, 0.05) is 12.7 Å². The molecule has 1 atom stereocenters. The summed E-state index contributed by atoms with van der Waals surface area (Å²) in [6.07, 6.45) is 4.41. The summed E-state index contributed by atoms with van der Waals surface area (Å²) in [7, 11) is 0. The average molecular weight is 291 g/mol. The average Bonchev–Trinajstić information content (AvgIpc) is 3.02. The van der Waals surface area contributed by atoms with Gasteiger partial charge in [-0.3, -0.25) is 0 Å². The van der Waals surface area contributed by atoms with Crippen LogP contribution in [0.5, 0.6) is 0 Å². The van der Waals surface area contributed by atoms with Gasteiger partial charge in [0.15, 0.2) is 0 Å². The van der Waals surface area contributed by atoms with Gasteiger partial charge in [-0.15, -0.1) is 0 Å². The Hall–Kier alpha value is -0.350. The maximum absolute atomic E-state index is 5.72. The predicted octanol–water partition coefficient (Wildman–Crippen LogP) is 3.35. The Bertz CT molecular complexity index is 355. The van der Waals surface area contributed by atoms with Gasteiger partial charge >= 0.3 is 0 Å². The van der Waals surface area contributed by atoms with Gasteiger partial charge in [0.25, 0.3) is 0 Å². The summed E-state index contributed by atoms with van der Waals surface area (Å²) in [6.45, 7) is 3.21. The maximum Gasteiger partial charge on any atom is 0.224 e. The highest BCUT2D eigenvalue weighted by molar-refractivity contribution is 9.10. The standard InChI is InChI=1S/C10H13BrClN3/c1-6(7-2-3-7)4-13-9-8(11)5-14-10(12)15-9/h5-7H,2-4H2,1H3,(H,13,14,15). The molecular formula is C10H13BrClN3. The third kappa shape index (κ3) is 3.05. The molecule has 3 nitrogen and oxygen atoms in total. The van der Waals surface area contributed by atoms with Crippen LogP contribution in [0.15, 0.2) is 10.7 Å². The van der Waals surface area contributed by atoms with Crippen LogP contribution in [0, 0.1) is 11.8 Å². The molecule has 1 aromatic heterocycles. The molecule has 1 fully saturated rings. The van der Waals surface area contributed by atoms with Crippen molar-refractivity contribution in [1.29, 1.82) is 0 Å². The fraction of sp³-hybridized carbons (Fsp3) is 0.600. The fourth-order valence-electron chi connectivity index (χ4n) is 1.56. The van der Waals surface area contributed by atoms with Crippen LogP contribution in [0.1, 0.15) is 19.8 Å². The smallest absolute Gasteiger partial charge is 0.224 e. The molecule has 0 radical (unpaired) electrons. The molecule has 0 bridgehead atoms. The van der Waals surface area contributed by atoms with Crippen LogP contribution in [0.4, 0.5) is 5.82 Å². The van der Waals surface area contributed by atoms with Gasteiger partial charge in [0.2, 0.25) is 5.28 Å². The van der Waals surface area contributed by atoms with E-state index in [4.69, 9.17) is 11.6 Å². The molecule has 1 aliphatic carbocycles. The summed E-state index contributed by atoms with van der Waals surface area (Å²) in [5.74, 6) is 2.38. The topological polar surface area (TPSA) is 37.8 Å². The lowest BCUT2D eigenvalue weighted by Gasteiger charge is -2.12. The minimum Gasteiger partial charge on any atom is -0.369 e. The molecule has 0 saturated heterocycles. The van der Waals surface area contributed by atoms with Crippen molar-refractivity contribution in [3.8, 4) is 0 Å². The number of aromatic nitrogens is 2. The summed E-state index contributed by atoms with van der Waals surface area (Å²) in [5, 5.41) is 3.57. The second-order valence-electron chi connectivity index (χ2n) is 4.03. The third-order valence-electron chi connectivity index (χ3n) is 2.73. The Labute approximate surface area is 103 Å². The van der Waals surface area contributed by atoms with Crippen LogP contribution >= 0.6 is 27.5 Å². The van der Waals surface area contributed by atoms with Gasteiger partial charge in [0.1, 0.15) is 5.82 Å². The fourth-order valence-corrected chi connectivity index (χ4v) is 2.02. The second kappa shape index (κ2) is 4.66. The molecule has 1 aromatic rings. The van der Waals surface area contributed by atoms with E-state index < -0.39 is 0 Å². The molecule has 5 heteroatoms. The highest BCUT2D eigenvalue weighted by Gasteiger charge is 2.27. The first-order valence-corrected chi connectivity index (χ1v) is 6.26. The number of hydrogen-bond acceptors (Lipinski definition) is 3. The van der Waals surface area contributed by atoms with E-state index in [2.05, 4.69) is 38.1 Å². The van der Waals surface area contributed by atoms with Gasteiger partial charge in [0.05, 0.1) is 4.47 Å². The van der Waals surface area contributed by atoms with Crippen molar-refractivity contribution >= 4 is 33.3 Å². The van der Waals surface area contributed by atoms with E-state index in [1.54, 1.807) is 6.20 Å². The van der Waals surface area contributed by atoms with Crippen molar-refractivity contribution in [2.75, 3.05) is 11.9 Å². The summed E-state index contributed by atoms with van der Waals surface area (Å²) >= 11 is 9.11. The minimum atomic E-state index is 0.278. The highest BCUT2D eigenvalue weighted by atomic mass is 79.9. The lowest BCUT2D eigenvalue weighted by molar-refractivity contribution is 0.535. The van der Waals surface area contributed by atoms with Gasteiger partial charge in [-0.2, -0.15) is 4.98 Å². The zero-order valence-electron chi connectivity index (χ0n) is 8.50. The summed E-state index contributed by atoms with van der Waals surface area (Å²) in [6, 6.07) is 0. The van der Waals surface area contributed by atoms with Gasteiger partial charge in [-0.05, 0) is 52.2 Å². The lowest BCUT2D eigenvalue weighted by Crippen LogP contribution is -2.14. The van der Waals surface area contributed by atoms with Gasteiger partial charge in [-0.1, -0.05) is 6.92 Å². The van der Waals surface area contributed by atoms with E-state index in [9.17, 15) is 0 Å². The number of halogens is 2. The summed E-state index contributed by atoms with van der Waals surface area (Å²) in [5.41, 5.74) is 0. The maximum atomic E-state index is 5.72. The third-order valence-corrected chi connectivity index (χ3v) is 3.50. The normalized spacial score (nSPS) is 17.5. The molecule has 1 N–H and O–H groups in total. The number of hydrogen-bond donors (Lipinski definition) is 1. The van der Waals surface area contributed by atoms with E-state index in [-0.39, 0.29) is 5.28 Å². The zero-order valence-corrected chi connectivity index (χ0v) is 10.8. The molecule has 1 heterocycles. The van der Waals surface area contributed by atoms with Crippen molar-refractivity contribution in [3.63, 3.8) is 0 Å². The quantitative estimate of drug-likeness (QED) is 0.864. The van der Waals surface area contributed by atoms with Crippen LogP contribution < -0.4 is 5.32 Å². The Kier molecular flexibility index (Phi) is 3.46. The molecule has 2 rings (SSSR count). The van der Waals surface area contributed by atoms with Crippen LogP contribution in [0.3, 0.4) is 0 Å². The Balaban J connectivity index is 1.94. The monoisotopic (exact) mass is 289 g/mol. The second-order valence-corrected chi connectivity index (χ2v) is 5.22. The first-order chi connectivity index (χ1) is 7.16. The molecule has 0 aliphatic heterocycles. The Morgan fingerprint density at radius 1 is 1.67 bits per heavy atom. The minimum absolute atomic E-state index is 0.278. The van der Waals surface area contributed by atoms with Crippen LogP contribution in [-0.2, 0) is 0 Å². The molecule has 0 amide bonds. The van der Waals surface area contributed by atoms with E-state index in [1.165, 1.54) is 12.8 Å². The highest BCUT2D eigenvalue weighted by Crippen LogP contribution is 2.36. The van der Waals surface area contributed by atoms with E-state index >= 15 is 0 Å². The number of nitrogens with one attached hydrogen (secondary N) is 1. The molecule has 15 heavy (non-hydrogen) atoms. The number of nitrogens with zero attached hydrogens (tertiary/aromatic N) is 2. The number of rotatable bonds is 4. The predicted molar refractivity (Wildman–Crippen MR) is 65.1 cm³/mol. The van der Waals surface area contributed by atoms with Crippen LogP contribution in [0.2, 0.25) is 5.28 Å². The molecule has 1 aliphatic rings. The van der Waals surface area contributed by atoms with Crippen molar-refractivity contribution in [1.82, 2.24) is 9.97 Å². The van der Waals surface area contributed by atoms with Crippen LogP contribution in [-0.4, -0.2) is 16.5 Å². The largest absolute Gasteiger partial charge is 0.369 e. The molecule has 1 unspecified atom stereocenters. The Morgan fingerprint density at radius 3 is 3.07 bits per heavy atom. The van der Waals surface area contributed by atoms with E-state index in [1.807, 2.05) is 0 Å². The zero-order chi connectivity index (χ0) is 10.8. The first-order valence-electron chi connectivity index (χ1n) is 5.08. The van der Waals surface area contributed by atoms with E-state index in [0.29, 0.717) is 5.92 Å². The van der Waals surface area contributed by atoms with Gasteiger partial charge < -0.3 is 5.32 Å². The van der Waals surface area contributed by atoms with Crippen molar-refractivity contribution in [2.45, 2.75) is 19.8 Å². The van der Waals surface area contributed by atoms with Crippen molar-refractivity contribution in [3.05, 3.63) is 16.0 Å². The molecular weight excluding hydrogens is 277 g/mol. The van der Waals surface area contributed by atoms with E-state index in [0.717, 1.165) is 22.8 Å². The SMILES string of the molecule is CC(CNc1nc(Cl)ncc1Br)C1CC1. The molecule has 1 saturated carbocycles. The number of anilines is 1. The van der Waals surface area contributed by atoms with Crippen molar-refractivity contribution < 1.29 is 0 Å². The van der Waals surface area contributed by atoms with Crippen molar-refractivity contribution in [2.24, 2.45) is 11.8 Å². The Morgan fingerprint density at radius 2 is 2.40 bits per heavy atom. The molecule has 0 spiro atoms. The summed E-state index contributed by atoms with van der Waals surface area (Å²) < 4.78 is 0.856. The molecule has 0 aromatic carbocycles. The van der Waals surface area contributed by atoms with Crippen LogP contribution in [0.25, 0.3) is 0 Å². The first kappa shape index (κ1) is 11.1.